The largest absolute Gasteiger partial charge is 0.762 e. The molecule has 1 aromatic heterocycles. The van der Waals surface area contributed by atoms with Gasteiger partial charge in [0.05, 0.1) is 19.1 Å². The molecule has 7 heteroatoms. The van der Waals surface area contributed by atoms with Crippen LogP contribution in [-0.4, -0.2) is 12.2 Å². The molecule has 0 bridgehead atoms. The SMILES string of the molecule is COc1ccc(C2C(C#N)=C([S-])NC(O)(c3ccccc3)C2[n+]2cccc3cc(Cl)ccc32)cc1. The Balaban J connectivity index is 1.84. The summed E-state index contributed by atoms with van der Waals surface area (Å²) in [6.07, 6.45) is 1.91. The molecule has 174 valence electrons. The number of allylic oxidation sites excluding steroid dienone is 1. The maximum absolute atomic E-state index is 12.4. The molecule has 0 saturated heterocycles. The maximum atomic E-state index is 12.4. The Morgan fingerprint density at radius 2 is 1.80 bits per heavy atom. The van der Waals surface area contributed by atoms with E-state index in [0.717, 1.165) is 16.5 Å². The van der Waals surface area contributed by atoms with Gasteiger partial charge in [0.15, 0.2) is 6.20 Å². The number of pyridine rings is 1. The molecule has 0 saturated carbocycles. The first-order valence-electron chi connectivity index (χ1n) is 11.1. The summed E-state index contributed by atoms with van der Waals surface area (Å²) in [5.41, 5.74) is 1.11. The maximum Gasteiger partial charge on any atom is 0.225 e. The van der Waals surface area contributed by atoms with Gasteiger partial charge in [0.2, 0.25) is 17.3 Å². The molecule has 2 N–H and O–H groups in total. The quantitative estimate of drug-likeness (QED) is 0.310. The third kappa shape index (κ3) is 3.98. The predicted octanol–water partition coefficient (Wildman–Crippen LogP) is 4.84. The highest BCUT2D eigenvalue weighted by atomic mass is 35.5. The Hall–Kier alpha value is -3.63. The lowest BCUT2D eigenvalue weighted by molar-refractivity contribution is -0.720. The van der Waals surface area contributed by atoms with Crippen molar-refractivity contribution in [1.29, 1.82) is 5.26 Å². The number of aromatic nitrogens is 1. The number of ether oxygens (including phenoxy) is 1. The molecule has 0 fully saturated rings. The van der Waals surface area contributed by atoms with E-state index in [9.17, 15) is 10.4 Å². The van der Waals surface area contributed by atoms with Crippen LogP contribution in [-0.2, 0) is 18.4 Å². The highest BCUT2D eigenvalue weighted by Gasteiger charge is 2.54. The van der Waals surface area contributed by atoms with E-state index < -0.39 is 17.7 Å². The van der Waals surface area contributed by atoms with Crippen molar-refractivity contribution in [2.75, 3.05) is 7.11 Å². The van der Waals surface area contributed by atoms with Crippen molar-refractivity contribution in [2.45, 2.75) is 17.7 Å². The summed E-state index contributed by atoms with van der Waals surface area (Å²) in [5, 5.41) is 27.5. The molecule has 0 radical (unpaired) electrons. The molecule has 1 aliphatic rings. The monoisotopic (exact) mass is 499 g/mol. The number of hydrogen-bond acceptors (Lipinski definition) is 5. The number of nitrogens with one attached hydrogen (secondary N) is 1. The smallest absolute Gasteiger partial charge is 0.225 e. The number of fused-ring (bicyclic) bond motifs is 1. The molecule has 35 heavy (non-hydrogen) atoms. The lowest BCUT2D eigenvalue weighted by Crippen LogP contribution is -2.62. The Morgan fingerprint density at radius 3 is 2.49 bits per heavy atom. The fraction of sp³-hybridized carbons (Fsp3) is 0.143. The molecule has 0 aliphatic carbocycles. The van der Waals surface area contributed by atoms with Gasteiger partial charge in [0.25, 0.3) is 0 Å². The van der Waals surface area contributed by atoms with E-state index in [0.29, 0.717) is 21.9 Å². The number of nitriles is 1. The number of rotatable bonds is 4. The number of halogens is 1. The highest BCUT2D eigenvalue weighted by molar-refractivity contribution is 7.63. The second kappa shape index (κ2) is 9.20. The number of methoxy groups -OCH3 is 1. The first-order valence-corrected chi connectivity index (χ1v) is 11.9. The Bertz CT molecular complexity index is 1470. The van der Waals surface area contributed by atoms with Crippen LogP contribution in [0.3, 0.4) is 0 Å². The number of benzene rings is 3. The van der Waals surface area contributed by atoms with Crippen LogP contribution in [0.4, 0.5) is 0 Å². The van der Waals surface area contributed by atoms with Crippen molar-refractivity contribution < 1.29 is 14.4 Å². The van der Waals surface area contributed by atoms with Gasteiger partial charge < -0.3 is 27.8 Å². The summed E-state index contributed by atoms with van der Waals surface area (Å²) in [6.45, 7) is 0. The minimum absolute atomic E-state index is 0.222. The summed E-state index contributed by atoms with van der Waals surface area (Å²) in [4.78, 5) is 0. The fourth-order valence-corrected chi connectivity index (χ4v) is 5.40. The van der Waals surface area contributed by atoms with Crippen LogP contribution >= 0.6 is 11.6 Å². The summed E-state index contributed by atoms with van der Waals surface area (Å²) in [7, 11) is 1.61. The van der Waals surface area contributed by atoms with Gasteiger partial charge in [0.1, 0.15) is 5.75 Å². The predicted molar refractivity (Wildman–Crippen MR) is 137 cm³/mol. The lowest BCUT2D eigenvalue weighted by atomic mass is 9.75. The zero-order valence-electron chi connectivity index (χ0n) is 18.9. The second-order valence-electron chi connectivity index (χ2n) is 8.43. The van der Waals surface area contributed by atoms with E-state index in [4.69, 9.17) is 29.0 Å². The van der Waals surface area contributed by atoms with E-state index in [1.54, 1.807) is 7.11 Å². The molecule has 0 spiro atoms. The average Bonchev–Trinajstić information content (AvgIpc) is 2.88. The lowest BCUT2D eigenvalue weighted by Gasteiger charge is -2.45. The molecular formula is C28H22ClN3O2S. The van der Waals surface area contributed by atoms with Gasteiger partial charge in [-0.25, -0.2) is 0 Å². The van der Waals surface area contributed by atoms with Crippen LogP contribution in [0.15, 0.2) is 102 Å². The van der Waals surface area contributed by atoms with Gasteiger partial charge >= 0.3 is 0 Å². The van der Waals surface area contributed by atoms with E-state index >= 15 is 0 Å². The molecule has 3 aromatic carbocycles. The summed E-state index contributed by atoms with van der Waals surface area (Å²) in [5.74, 6) is 0.155. The minimum Gasteiger partial charge on any atom is -0.762 e. The number of hydrogen-bond donors (Lipinski definition) is 2. The van der Waals surface area contributed by atoms with Crippen molar-refractivity contribution in [3.05, 3.63) is 118 Å². The van der Waals surface area contributed by atoms with E-state index in [-0.39, 0.29) is 5.03 Å². The van der Waals surface area contributed by atoms with Gasteiger partial charge in [-0.3, -0.25) is 0 Å². The van der Waals surface area contributed by atoms with Crippen molar-refractivity contribution >= 4 is 35.1 Å². The van der Waals surface area contributed by atoms with Crippen molar-refractivity contribution in [3.8, 4) is 11.8 Å². The van der Waals surface area contributed by atoms with Crippen molar-refractivity contribution in [1.82, 2.24) is 5.32 Å². The topological polar surface area (TPSA) is 69.2 Å². The molecular weight excluding hydrogens is 478 g/mol. The third-order valence-electron chi connectivity index (χ3n) is 6.50. The standard InChI is InChI=1S/C28H22ClN3O2S/c1-34-22-12-9-18(10-13-22)25-23(17-30)27(35)31-28(33,20-7-3-2-4-8-20)26(25)32-15-5-6-19-16-21(29)11-14-24(19)32/h2-16,25-26,31,33H,1H3. The Morgan fingerprint density at radius 1 is 1.06 bits per heavy atom. The first-order chi connectivity index (χ1) is 17.0. The second-order valence-corrected chi connectivity index (χ2v) is 9.27. The molecule has 3 atom stereocenters. The van der Waals surface area contributed by atoms with Crippen LogP contribution in [0.1, 0.15) is 23.1 Å². The van der Waals surface area contributed by atoms with Crippen LogP contribution < -0.4 is 14.6 Å². The highest BCUT2D eigenvalue weighted by Crippen LogP contribution is 2.47. The van der Waals surface area contributed by atoms with Gasteiger partial charge in [-0.1, -0.05) is 59.1 Å². The first kappa shape index (κ1) is 23.1. The molecule has 5 nitrogen and oxygen atoms in total. The molecule has 4 aromatic rings. The van der Waals surface area contributed by atoms with Crippen LogP contribution in [0.25, 0.3) is 10.9 Å². The van der Waals surface area contributed by atoms with Gasteiger partial charge in [-0.15, -0.1) is 0 Å². The van der Waals surface area contributed by atoms with Crippen molar-refractivity contribution in [3.63, 3.8) is 0 Å². The zero-order chi connectivity index (χ0) is 24.6. The minimum atomic E-state index is -1.61. The third-order valence-corrected chi connectivity index (χ3v) is 7.06. The zero-order valence-corrected chi connectivity index (χ0v) is 20.4. The van der Waals surface area contributed by atoms with Crippen molar-refractivity contribution in [2.24, 2.45) is 0 Å². The fourth-order valence-electron chi connectivity index (χ4n) is 4.89. The molecule has 5 rings (SSSR count). The number of aliphatic hydroxyl groups is 1. The van der Waals surface area contributed by atoms with Gasteiger partial charge in [0, 0.05) is 33.7 Å². The molecule has 0 amide bonds. The van der Waals surface area contributed by atoms with E-state index in [1.807, 2.05) is 95.7 Å². The normalized spacial score (nSPS) is 21.9. The average molecular weight is 500 g/mol. The van der Waals surface area contributed by atoms with E-state index in [2.05, 4.69) is 11.4 Å². The van der Waals surface area contributed by atoms with Crippen LogP contribution in [0.5, 0.6) is 5.75 Å². The molecule has 3 unspecified atom stereocenters. The van der Waals surface area contributed by atoms with Crippen LogP contribution in [0, 0.1) is 11.3 Å². The summed E-state index contributed by atoms with van der Waals surface area (Å²) in [6, 6.07) is 28.0. The van der Waals surface area contributed by atoms with Crippen LogP contribution in [0.2, 0.25) is 5.02 Å². The van der Waals surface area contributed by atoms with Gasteiger partial charge in [-0.2, -0.15) is 9.83 Å². The molecule has 1 aliphatic heterocycles. The summed E-state index contributed by atoms with van der Waals surface area (Å²) < 4.78 is 7.34. The number of nitrogens with zero attached hydrogens (tertiary/aromatic N) is 2. The summed E-state index contributed by atoms with van der Waals surface area (Å²) >= 11 is 11.9. The van der Waals surface area contributed by atoms with E-state index in [1.165, 1.54) is 0 Å². The Labute approximate surface area is 214 Å². The Kier molecular flexibility index (Phi) is 6.08. The van der Waals surface area contributed by atoms with Gasteiger partial charge in [-0.05, 0) is 35.9 Å². The molecule has 2 heterocycles.